The Bertz CT molecular complexity index is 574. The first-order chi connectivity index (χ1) is 13.0. The van der Waals surface area contributed by atoms with Crippen LogP contribution in [0.25, 0.3) is 0 Å². The molecular weight excluding hydrogens is 409 g/mol. The number of carbonyl (C=O) groups is 2. The second kappa shape index (κ2) is 14.6. The minimum Gasteiger partial charge on any atom is -0.549 e. The molecule has 0 aliphatic heterocycles. The molecule has 0 bridgehead atoms. The van der Waals surface area contributed by atoms with Gasteiger partial charge in [0.25, 0.3) is 10.1 Å². The number of hydrogen-bond donors (Lipinski definition) is 1. The summed E-state index contributed by atoms with van der Waals surface area (Å²) in [5.41, 5.74) is -2.23. The summed E-state index contributed by atoms with van der Waals surface area (Å²) < 4.78 is 33.5. The first-order valence-corrected chi connectivity index (χ1v) is 11.9. The topological polar surface area (TPSA) is 135 Å². The monoisotopic (exact) mass is 444 g/mol. The molecule has 0 aromatic carbocycles. The molecule has 9 heteroatoms. The quantitative estimate of drug-likeness (QED) is 0.282. The molecule has 7 nitrogen and oxygen atoms in total. The summed E-state index contributed by atoms with van der Waals surface area (Å²) in [6.45, 7) is 7.68. The van der Waals surface area contributed by atoms with Crippen LogP contribution in [-0.2, 0) is 19.7 Å². The van der Waals surface area contributed by atoms with Gasteiger partial charge >= 0.3 is 23.1 Å². The van der Waals surface area contributed by atoms with E-state index in [-0.39, 0.29) is 47.7 Å². The number of hydrogen-bond acceptors (Lipinski definition) is 6. The number of rotatable bonds is 16. The van der Waals surface area contributed by atoms with Crippen LogP contribution < -0.4 is 10.2 Å². The first kappa shape index (κ1) is 30.8. The predicted octanol–water partition coefficient (Wildman–Crippen LogP) is 1.56. The van der Waals surface area contributed by atoms with Gasteiger partial charge in [0, 0.05) is 11.4 Å². The van der Waals surface area contributed by atoms with Gasteiger partial charge in [0.05, 0.1) is 5.97 Å². The third kappa shape index (κ3) is 9.53. The van der Waals surface area contributed by atoms with Crippen LogP contribution in [-0.4, -0.2) is 53.2 Å². The first-order valence-electron chi connectivity index (χ1n) is 10.4. The van der Waals surface area contributed by atoms with Crippen molar-refractivity contribution in [3.63, 3.8) is 0 Å². The van der Waals surface area contributed by atoms with Gasteiger partial charge in [-0.1, -0.05) is 79.1 Å². The number of aliphatic carboxylic acids is 2. The summed E-state index contributed by atoms with van der Waals surface area (Å²) in [5, 5.41) is 21.5. The van der Waals surface area contributed by atoms with E-state index in [2.05, 4.69) is 0 Å². The van der Waals surface area contributed by atoms with Crippen LogP contribution in [0.2, 0.25) is 0 Å². The van der Waals surface area contributed by atoms with E-state index in [1.54, 1.807) is 0 Å². The summed E-state index contributed by atoms with van der Waals surface area (Å²) in [5.74, 6) is -4.22. The maximum absolute atomic E-state index is 12.3. The Kier molecular flexibility index (Phi) is 15.5. The molecule has 0 fully saturated rings. The van der Waals surface area contributed by atoms with Crippen LogP contribution in [0.1, 0.15) is 91.9 Å². The normalized spacial score (nSPS) is 16.9. The molecule has 0 aromatic rings. The van der Waals surface area contributed by atoms with Gasteiger partial charge in [-0.15, -0.1) is 0 Å². The Hall–Kier alpha value is -0.384. The second-order valence-corrected chi connectivity index (χ2v) is 9.40. The van der Waals surface area contributed by atoms with E-state index in [1.165, 1.54) is 0 Å². The second-order valence-electron chi connectivity index (χ2n) is 7.90. The average molecular weight is 445 g/mol. The van der Waals surface area contributed by atoms with E-state index >= 15 is 0 Å². The maximum atomic E-state index is 12.3. The Morgan fingerprint density at radius 2 is 1.28 bits per heavy atom. The smallest absolute Gasteiger partial charge is 0.549 e. The molecule has 0 saturated heterocycles. The van der Waals surface area contributed by atoms with Crippen molar-refractivity contribution in [2.24, 2.45) is 17.3 Å². The Morgan fingerprint density at radius 1 is 0.897 bits per heavy atom. The molecule has 0 aliphatic carbocycles. The van der Waals surface area contributed by atoms with Crippen molar-refractivity contribution < 1.29 is 32.8 Å². The van der Waals surface area contributed by atoms with Crippen LogP contribution in [0.5, 0.6) is 0 Å². The molecule has 0 rings (SSSR count). The molecule has 3 unspecified atom stereocenters. The fourth-order valence-electron chi connectivity index (χ4n) is 4.12. The SMILES string of the molecule is CCCCC(CC)CC(CC(CC)CCCC)(C(=O)[O-])C(C(=O)[O-])S(=O)(=O)O.[Mg+2]. The summed E-state index contributed by atoms with van der Waals surface area (Å²) in [6, 6.07) is 0. The third-order valence-corrected chi connectivity index (χ3v) is 7.05. The van der Waals surface area contributed by atoms with E-state index in [4.69, 9.17) is 0 Å². The van der Waals surface area contributed by atoms with Gasteiger partial charge in [0.1, 0.15) is 5.25 Å². The molecular formula is C20H36MgO7S. The van der Waals surface area contributed by atoms with Gasteiger partial charge in [-0.3, -0.25) is 4.55 Å². The number of carboxylic acids is 2. The molecule has 1 N–H and O–H groups in total. The molecule has 0 aliphatic rings. The van der Waals surface area contributed by atoms with Crippen molar-refractivity contribution in [2.45, 2.75) is 97.2 Å². The standard InChI is InChI=1S/C20H38O7S.Mg/c1-5-9-11-15(7-3)13-20(19(23)24,14-16(8-4)12-10-6-2)17(18(21)22)28(25,26)27;/h15-17H,5-14H2,1-4H3,(H,21,22)(H,23,24)(H,25,26,27);/q;+2/p-2. The van der Waals surface area contributed by atoms with Gasteiger partial charge in [0.15, 0.2) is 0 Å². The van der Waals surface area contributed by atoms with Gasteiger partial charge in [-0.05, 0) is 24.7 Å². The Labute approximate surface area is 191 Å². The minimum absolute atomic E-state index is 0. The molecule has 0 aromatic heterocycles. The average Bonchev–Trinajstić information content (AvgIpc) is 2.59. The van der Waals surface area contributed by atoms with Crippen molar-refractivity contribution >= 4 is 45.1 Å². The van der Waals surface area contributed by atoms with Gasteiger partial charge in [-0.25, -0.2) is 0 Å². The fraction of sp³-hybridized carbons (Fsp3) is 0.900. The molecule has 0 amide bonds. The number of unbranched alkanes of at least 4 members (excludes halogenated alkanes) is 2. The Balaban J connectivity index is 0. The van der Waals surface area contributed by atoms with Gasteiger partial charge in [0.2, 0.25) is 0 Å². The van der Waals surface area contributed by atoms with Crippen LogP contribution in [0.4, 0.5) is 0 Å². The van der Waals surface area contributed by atoms with Crippen LogP contribution >= 0.6 is 0 Å². The third-order valence-electron chi connectivity index (χ3n) is 5.81. The van der Waals surface area contributed by atoms with Crippen molar-refractivity contribution in [1.82, 2.24) is 0 Å². The van der Waals surface area contributed by atoms with E-state index in [9.17, 15) is 32.8 Å². The maximum Gasteiger partial charge on any atom is 2.00 e. The van der Waals surface area contributed by atoms with E-state index < -0.39 is 32.7 Å². The number of carbonyl (C=O) groups excluding carboxylic acids is 2. The zero-order valence-corrected chi connectivity index (χ0v) is 20.5. The molecule has 0 heterocycles. The predicted molar refractivity (Wildman–Crippen MR) is 109 cm³/mol. The van der Waals surface area contributed by atoms with Crippen molar-refractivity contribution in [3.8, 4) is 0 Å². The molecule has 0 saturated carbocycles. The molecule has 166 valence electrons. The summed E-state index contributed by atoms with van der Waals surface area (Å²) in [6.07, 6.45) is 5.50. The van der Waals surface area contributed by atoms with Crippen LogP contribution in [0.15, 0.2) is 0 Å². The van der Waals surface area contributed by atoms with Crippen molar-refractivity contribution in [1.29, 1.82) is 0 Å². The van der Waals surface area contributed by atoms with Gasteiger partial charge in [-0.2, -0.15) is 8.42 Å². The summed E-state index contributed by atoms with van der Waals surface area (Å²) >= 11 is 0. The molecule has 29 heavy (non-hydrogen) atoms. The van der Waals surface area contributed by atoms with E-state index in [0.717, 1.165) is 25.7 Å². The van der Waals surface area contributed by atoms with Crippen molar-refractivity contribution in [2.75, 3.05) is 0 Å². The minimum atomic E-state index is -5.20. The molecule has 0 radical (unpaired) electrons. The van der Waals surface area contributed by atoms with E-state index in [0.29, 0.717) is 25.7 Å². The zero-order valence-electron chi connectivity index (χ0n) is 18.3. The van der Waals surface area contributed by atoms with Crippen LogP contribution in [0, 0.1) is 17.3 Å². The molecule has 3 atom stereocenters. The van der Waals surface area contributed by atoms with Crippen LogP contribution in [0.3, 0.4) is 0 Å². The van der Waals surface area contributed by atoms with Crippen molar-refractivity contribution in [3.05, 3.63) is 0 Å². The largest absolute Gasteiger partial charge is 2.00 e. The summed E-state index contributed by atoms with van der Waals surface area (Å²) in [7, 11) is -5.20. The summed E-state index contributed by atoms with van der Waals surface area (Å²) in [4.78, 5) is 24.0. The fourth-order valence-corrected chi connectivity index (χ4v) is 5.22. The zero-order chi connectivity index (χ0) is 22.0. The van der Waals surface area contributed by atoms with E-state index in [1.807, 2.05) is 27.7 Å². The number of carboxylic acid groups (broad SMARTS) is 2. The van der Waals surface area contributed by atoms with Gasteiger partial charge < -0.3 is 19.8 Å². The molecule has 0 spiro atoms. The Morgan fingerprint density at radius 3 is 1.48 bits per heavy atom.